The zero-order valence-electron chi connectivity index (χ0n) is 18.0. The molecule has 2 fully saturated rings. The van der Waals surface area contributed by atoms with E-state index in [2.05, 4.69) is 15.2 Å². The second-order valence-corrected chi connectivity index (χ2v) is 7.34. The van der Waals surface area contributed by atoms with Crippen molar-refractivity contribution in [1.82, 2.24) is 0 Å². The Hall–Kier alpha value is -2.03. The predicted molar refractivity (Wildman–Crippen MR) is 103 cm³/mol. The molecule has 9 nitrogen and oxygen atoms in total. The van der Waals surface area contributed by atoms with Crippen molar-refractivity contribution in [2.45, 2.75) is 51.6 Å². The predicted octanol–water partition coefficient (Wildman–Crippen LogP) is 1.69. The molecule has 0 radical (unpaired) electrons. The van der Waals surface area contributed by atoms with Crippen LogP contribution in [0.2, 0.25) is 0 Å². The molecule has 2 heterocycles. The van der Waals surface area contributed by atoms with Crippen LogP contribution in [0, 0.1) is 5.92 Å². The summed E-state index contributed by atoms with van der Waals surface area (Å²) < 4.78 is 31.7. The molecule has 1 atom stereocenters. The summed E-state index contributed by atoms with van der Waals surface area (Å²) in [5, 5.41) is 0. The molecule has 9 heteroatoms. The summed E-state index contributed by atoms with van der Waals surface area (Å²) in [6.07, 6.45) is 2.49. The lowest BCUT2D eigenvalue weighted by Crippen LogP contribution is -2.36. The van der Waals surface area contributed by atoms with Crippen LogP contribution in [-0.2, 0) is 42.8 Å². The summed E-state index contributed by atoms with van der Waals surface area (Å²) in [7, 11) is 2.19. The third-order valence-corrected chi connectivity index (χ3v) is 4.83. The lowest BCUT2D eigenvalue weighted by molar-refractivity contribution is -0.163. The van der Waals surface area contributed by atoms with E-state index < -0.39 is 35.7 Å². The minimum absolute atomic E-state index is 0.0177. The molecule has 0 spiro atoms. The maximum Gasteiger partial charge on any atom is 0.328 e. The van der Waals surface area contributed by atoms with Crippen LogP contribution in [0.4, 0.5) is 0 Å². The molecule has 2 rings (SSSR count). The molecule has 0 bridgehead atoms. The highest BCUT2D eigenvalue weighted by Crippen LogP contribution is 2.26. The average Bonchev–Trinajstić information content (AvgIpc) is 3.17. The van der Waals surface area contributed by atoms with Crippen LogP contribution in [-0.4, -0.2) is 70.4 Å². The second-order valence-electron chi connectivity index (χ2n) is 7.34. The molecule has 0 aliphatic carbocycles. The maximum absolute atomic E-state index is 13.1. The number of Topliss-reactive ketones (excluding diaryl/α,β-unsaturated/α-hetero) is 1. The Balaban J connectivity index is 2.30. The molecule has 168 valence electrons. The smallest absolute Gasteiger partial charge is 0.328 e. The zero-order chi connectivity index (χ0) is 22.1. The first kappa shape index (κ1) is 24.2. The van der Waals surface area contributed by atoms with E-state index in [-0.39, 0.29) is 12.2 Å². The van der Waals surface area contributed by atoms with Crippen LogP contribution in [0.1, 0.15) is 39.5 Å². The van der Waals surface area contributed by atoms with Gasteiger partial charge < -0.3 is 28.4 Å². The molecule has 0 N–H and O–H groups in total. The summed E-state index contributed by atoms with van der Waals surface area (Å²) in [5.41, 5.74) is 3.64. The first-order valence-electron chi connectivity index (χ1n) is 9.96. The first-order chi connectivity index (χ1) is 14.3. The minimum atomic E-state index is -1.75. The maximum atomic E-state index is 13.1. The average molecular weight is 426 g/mol. The van der Waals surface area contributed by atoms with E-state index in [4.69, 9.17) is 18.9 Å². The van der Waals surface area contributed by atoms with E-state index in [0.717, 1.165) is 27.1 Å². The second kappa shape index (κ2) is 11.4. The summed E-state index contributed by atoms with van der Waals surface area (Å²) >= 11 is 0. The molecule has 0 amide bonds. The third kappa shape index (κ3) is 6.75. The van der Waals surface area contributed by atoms with Gasteiger partial charge in [0.05, 0.1) is 39.6 Å². The van der Waals surface area contributed by atoms with Crippen molar-refractivity contribution < 1.29 is 42.8 Å². The van der Waals surface area contributed by atoms with Crippen molar-refractivity contribution >= 4 is 17.7 Å². The Kier molecular flexibility index (Phi) is 9.20. The van der Waals surface area contributed by atoms with Gasteiger partial charge >= 0.3 is 11.9 Å². The zero-order valence-corrected chi connectivity index (χ0v) is 18.0. The summed E-state index contributed by atoms with van der Waals surface area (Å²) in [4.78, 5) is 37.2. The fourth-order valence-electron chi connectivity index (χ4n) is 3.35. The molecule has 2 aliphatic heterocycles. The lowest BCUT2D eigenvalue weighted by Gasteiger charge is -2.23. The molecule has 2 aliphatic rings. The summed E-state index contributed by atoms with van der Waals surface area (Å²) in [5.74, 6) is -5.37. The van der Waals surface area contributed by atoms with E-state index >= 15 is 0 Å². The van der Waals surface area contributed by atoms with Crippen LogP contribution in [0.25, 0.3) is 0 Å². The van der Waals surface area contributed by atoms with E-state index in [1.54, 1.807) is 13.8 Å². The van der Waals surface area contributed by atoms with Crippen LogP contribution in [0.3, 0.4) is 0 Å². The van der Waals surface area contributed by atoms with Crippen LogP contribution < -0.4 is 0 Å². The summed E-state index contributed by atoms with van der Waals surface area (Å²) in [6.45, 7) is 4.91. The number of rotatable bonds is 9. The minimum Gasteiger partial charge on any atom is -0.468 e. The molecule has 0 aromatic heterocycles. The van der Waals surface area contributed by atoms with Crippen LogP contribution in [0.15, 0.2) is 16.9 Å². The number of hydrogen-bond donors (Lipinski definition) is 0. The Morgan fingerprint density at radius 2 is 1.70 bits per heavy atom. The first-order valence-corrected chi connectivity index (χ1v) is 9.96. The quantitative estimate of drug-likeness (QED) is 0.236. The van der Waals surface area contributed by atoms with Gasteiger partial charge in [0, 0.05) is 13.0 Å². The van der Waals surface area contributed by atoms with Crippen molar-refractivity contribution in [2.75, 3.05) is 40.6 Å². The van der Waals surface area contributed by atoms with Gasteiger partial charge in [-0.1, -0.05) is 0 Å². The Labute approximate surface area is 176 Å². The van der Waals surface area contributed by atoms with Crippen molar-refractivity contribution in [2.24, 2.45) is 5.92 Å². The van der Waals surface area contributed by atoms with Crippen LogP contribution in [0.5, 0.6) is 0 Å². The van der Waals surface area contributed by atoms with Gasteiger partial charge in [-0.15, -0.1) is 5.73 Å². The highest BCUT2D eigenvalue weighted by Gasteiger charge is 2.38. The monoisotopic (exact) mass is 426 g/mol. The van der Waals surface area contributed by atoms with E-state index in [1.165, 1.54) is 0 Å². The SMILES string of the molecule is COC(=O)C(C(=O)OC)C(=O)C(=C=C(C)CC1(C)OCCO1)COC1CCCCO1. The molecule has 2 saturated heterocycles. The number of ether oxygens (including phenoxy) is 6. The highest BCUT2D eigenvalue weighted by atomic mass is 16.7. The number of carbonyl (C=O) groups excluding carboxylic acids is 3. The lowest BCUT2D eigenvalue weighted by atomic mass is 9.97. The molecular formula is C21H30O9. The molecule has 1 unspecified atom stereocenters. The fourth-order valence-corrected chi connectivity index (χ4v) is 3.35. The van der Waals surface area contributed by atoms with Gasteiger partial charge in [-0.25, -0.2) is 0 Å². The van der Waals surface area contributed by atoms with Gasteiger partial charge in [0.25, 0.3) is 0 Å². The third-order valence-electron chi connectivity index (χ3n) is 4.83. The molecular weight excluding hydrogens is 396 g/mol. The molecule has 30 heavy (non-hydrogen) atoms. The fraction of sp³-hybridized carbons (Fsp3) is 0.714. The number of hydrogen-bond acceptors (Lipinski definition) is 9. The highest BCUT2D eigenvalue weighted by molar-refractivity contribution is 6.20. The summed E-state index contributed by atoms with van der Waals surface area (Å²) in [6, 6.07) is 0. The molecule has 0 aromatic carbocycles. The van der Waals surface area contributed by atoms with Gasteiger partial charge in [-0.2, -0.15) is 0 Å². The number of methoxy groups -OCH3 is 2. The normalized spacial score (nSPS) is 20.4. The van der Waals surface area contributed by atoms with E-state index in [1.807, 2.05) is 0 Å². The Morgan fingerprint density at radius 1 is 1.07 bits per heavy atom. The molecule has 0 saturated carbocycles. The van der Waals surface area contributed by atoms with E-state index in [9.17, 15) is 14.4 Å². The van der Waals surface area contributed by atoms with Crippen molar-refractivity contribution in [3.63, 3.8) is 0 Å². The Bertz CT molecular complexity index is 677. The van der Waals surface area contributed by atoms with Gasteiger partial charge in [-0.3, -0.25) is 14.4 Å². The van der Waals surface area contributed by atoms with Crippen molar-refractivity contribution in [1.29, 1.82) is 0 Å². The van der Waals surface area contributed by atoms with Crippen molar-refractivity contribution in [3.8, 4) is 0 Å². The largest absolute Gasteiger partial charge is 0.468 e. The number of ketones is 1. The van der Waals surface area contributed by atoms with Gasteiger partial charge in [0.1, 0.15) is 0 Å². The topological polar surface area (TPSA) is 107 Å². The van der Waals surface area contributed by atoms with Crippen molar-refractivity contribution in [3.05, 3.63) is 16.9 Å². The number of esters is 2. The van der Waals surface area contributed by atoms with Gasteiger partial charge in [-0.05, 0) is 38.7 Å². The molecule has 0 aromatic rings. The number of carbonyl (C=O) groups is 3. The van der Waals surface area contributed by atoms with E-state index in [0.29, 0.717) is 38.2 Å². The van der Waals surface area contributed by atoms with Crippen LogP contribution >= 0.6 is 0 Å². The Morgan fingerprint density at radius 3 is 2.23 bits per heavy atom. The van der Waals surface area contributed by atoms with Gasteiger partial charge in [0.15, 0.2) is 17.9 Å². The standard InChI is InChI=1S/C21H30O9/c1-14(12-21(2)29-9-10-30-21)11-15(13-28-16-7-5-6-8-27-16)18(22)17(19(23)25-3)20(24)26-4/h16-17H,5-10,12-13H2,1-4H3. The van der Waals surface area contributed by atoms with Gasteiger partial charge in [0.2, 0.25) is 5.92 Å².